The molecule has 0 radical (unpaired) electrons. The molecule has 0 saturated heterocycles. The molecule has 1 aliphatic rings. The molecule has 78 valence electrons. The molecule has 1 unspecified atom stereocenters. The fraction of sp³-hybridized carbons (Fsp3) is 0.600. The van der Waals surface area contributed by atoms with Crippen molar-refractivity contribution in [2.24, 2.45) is 5.92 Å². The van der Waals surface area contributed by atoms with Crippen LogP contribution in [-0.4, -0.2) is 35.0 Å². The van der Waals surface area contributed by atoms with Crippen molar-refractivity contribution in [3.05, 3.63) is 11.6 Å². The number of nitrogens with zero attached hydrogens (tertiary/aromatic N) is 1. The van der Waals surface area contributed by atoms with E-state index in [0.29, 0.717) is 18.5 Å². The van der Waals surface area contributed by atoms with Crippen molar-refractivity contribution in [2.75, 3.05) is 13.2 Å². The Morgan fingerprint density at radius 2 is 2.14 bits per heavy atom. The van der Waals surface area contributed by atoms with Crippen molar-refractivity contribution < 1.29 is 14.7 Å². The second-order valence-electron chi connectivity index (χ2n) is 3.70. The molecule has 0 fully saturated rings. The van der Waals surface area contributed by atoms with E-state index in [1.54, 1.807) is 6.92 Å². The van der Waals surface area contributed by atoms with E-state index in [1.807, 2.05) is 6.92 Å². The number of amides is 2. The molecule has 0 spiro atoms. The zero-order chi connectivity index (χ0) is 10.7. The third-order valence-electron chi connectivity index (χ3n) is 2.30. The lowest BCUT2D eigenvalue weighted by Crippen LogP contribution is -2.34. The molecule has 1 aliphatic heterocycles. The van der Waals surface area contributed by atoms with Gasteiger partial charge in [-0.1, -0.05) is 6.92 Å². The Kier molecular flexibility index (Phi) is 3.41. The fourth-order valence-corrected chi connectivity index (χ4v) is 1.43. The van der Waals surface area contributed by atoms with Gasteiger partial charge in [0.2, 0.25) is 0 Å². The molecule has 0 saturated carbocycles. The summed E-state index contributed by atoms with van der Waals surface area (Å²) in [6.45, 7) is 4.03. The number of imide groups is 1. The predicted molar refractivity (Wildman–Crippen MR) is 51.3 cm³/mol. The van der Waals surface area contributed by atoms with Gasteiger partial charge in [0.1, 0.15) is 0 Å². The monoisotopic (exact) mass is 197 g/mol. The van der Waals surface area contributed by atoms with Gasteiger partial charge in [-0.25, -0.2) is 0 Å². The molecule has 1 N–H and O–H groups in total. The second-order valence-corrected chi connectivity index (χ2v) is 3.70. The molecule has 14 heavy (non-hydrogen) atoms. The van der Waals surface area contributed by atoms with Crippen LogP contribution in [0.1, 0.15) is 20.3 Å². The number of hydrogen-bond acceptors (Lipinski definition) is 3. The van der Waals surface area contributed by atoms with Crippen LogP contribution in [-0.2, 0) is 9.59 Å². The normalized spacial score (nSPS) is 18.8. The number of carbonyl (C=O) groups is 2. The minimum atomic E-state index is -0.239. The van der Waals surface area contributed by atoms with Gasteiger partial charge < -0.3 is 5.11 Å². The van der Waals surface area contributed by atoms with Crippen LogP contribution < -0.4 is 0 Å². The smallest absolute Gasteiger partial charge is 0.256 e. The average molecular weight is 197 g/mol. The van der Waals surface area contributed by atoms with Gasteiger partial charge in [-0.05, 0) is 19.3 Å². The lowest BCUT2D eigenvalue weighted by atomic mass is 10.1. The lowest BCUT2D eigenvalue weighted by molar-refractivity contribution is -0.137. The molecular weight excluding hydrogens is 182 g/mol. The second kappa shape index (κ2) is 4.37. The first-order chi connectivity index (χ1) is 6.56. The summed E-state index contributed by atoms with van der Waals surface area (Å²) in [7, 11) is 0. The van der Waals surface area contributed by atoms with Gasteiger partial charge in [0, 0.05) is 24.8 Å². The number of aliphatic hydroxyl groups is 1. The van der Waals surface area contributed by atoms with Crippen LogP contribution >= 0.6 is 0 Å². The van der Waals surface area contributed by atoms with E-state index < -0.39 is 0 Å². The third-order valence-corrected chi connectivity index (χ3v) is 2.30. The first-order valence-corrected chi connectivity index (χ1v) is 4.71. The lowest BCUT2D eigenvalue weighted by Gasteiger charge is -2.18. The summed E-state index contributed by atoms with van der Waals surface area (Å²) in [6, 6.07) is 0. The number of rotatable bonds is 4. The summed E-state index contributed by atoms with van der Waals surface area (Å²) in [5.74, 6) is -0.302. The van der Waals surface area contributed by atoms with E-state index in [-0.39, 0.29) is 24.3 Å². The summed E-state index contributed by atoms with van der Waals surface area (Å²) in [5, 5.41) is 8.69. The number of aliphatic hydroxyl groups excluding tert-OH is 1. The van der Waals surface area contributed by atoms with Gasteiger partial charge >= 0.3 is 0 Å². The maximum Gasteiger partial charge on any atom is 0.256 e. The van der Waals surface area contributed by atoms with E-state index in [9.17, 15) is 9.59 Å². The molecule has 4 heteroatoms. The Labute approximate surface area is 83.2 Å². The van der Waals surface area contributed by atoms with Crippen molar-refractivity contribution in [3.8, 4) is 0 Å². The molecule has 2 amide bonds. The van der Waals surface area contributed by atoms with Crippen LogP contribution in [0.3, 0.4) is 0 Å². The van der Waals surface area contributed by atoms with Gasteiger partial charge in [-0.15, -0.1) is 0 Å². The largest absolute Gasteiger partial charge is 0.396 e. The molecule has 0 aliphatic carbocycles. The molecule has 0 aromatic carbocycles. The topological polar surface area (TPSA) is 57.6 Å². The van der Waals surface area contributed by atoms with E-state index in [1.165, 1.54) is 11.0 Å². The van der Waals surface area contributed by atoms with Crippen LogP contribution in [0.4, 0.5) is 0 Å². The van der Waals surface area contributed by atoms with Gasteiger partial charge in [0.15, 0.2) is 0 Å². The molecule has 1 rings (SSSR count). The predicted octanol–water partition coefficient (Wildman–Crippen LogP) is 0.320. The quantitative estimate of drug-likeness (QED) is 0.660. The van der Waals surface area contributed by atoms with Crippen LogP contribution in [0, 0.1) is 5.92 Å². The van der Waals surface area contributed by atoms with Crippen molar-refractivity contribution in [2.45, 2.75) is 20.3 Å². The summed E-state index contributed by atoms with van der Waals surface area (Å²) < 4.78 is 0. The van der Waals surface area contributed by atoms with E-state index in [2.05, 4.69) is 0 Å². The van der Waals surface area contributed by atoms with Gasteiger partial charge in [-0.2, -0.15) is 0 Å². The molecular formula is C10H15NO3. The van der Waals surface area contributed by atoms with Gasteiger partial charge in [-0.3, -0.25) is 14.5 Å². The highest BCUT2D eigenvalue weighted by Gasteiger charge is 2.28. The van der Waals surface area contributed by atoms with E-state index in [0.717, 1.165) is 0 Å². The highest BCUT2D eigenvalue weighted by Crippen LogP contribution is 2.14. The molecule has 0 aromatic heterocycles. The van der Waals surface area contributed by atoms with Crippen LogP contribution in [0.2, 0.25) is 0 Å². The van der Waals surface area contributed by atoms with Crippen LogP contribution in [0.5, 0.6) is 0 Å². The summed E-state index contributed by atoms with van der Waals surface area (Å²) in [5.41, 5.74) is 0.492. The first-order valence-electron chi connectivity index (χ1n) is 4.71. The Morgan fingerprint density at radius 1 is 1.50 bits per heavy atom. The SMILES string of the molecule is CC1=CC(=O)N(CC(C)CCO)C1=O. The minimum absolute atomic E-state index is 0.0871. The van der Waals surface area contributed by atoms with Crippen LogP contribution in [0.25, 0.3) is 0 Å². The zero-order valence-electron chi connectivity index (χ0n) is 8.49. The standard InChI is InChI=1S/C10H15NO3/c1-7(3-4-12)6-11-9(13)5-8(2)10(11)14/h5,7,12H,3-4,6H2,1-2H3. The molecule has 0 aromatic rings. The van der Waals surface area contributed by atoms with E-state index in [4.69, 9.17) is 5.11 Å². The maximum absolute atomic E-state index is 11.4. The Bertz CT molecular complexity index is 283. The highest BCUT2D eigenvalue weighted by molar-refractivity contribution is 6.15. The number of carbonyl (C=O) groups excluding carboxylic acids is 2. The molecule has 1 atom stereocenters. The summed E-state index contributed by atoms with van der Waals surface area (Å²) >= 11 is 0. The maximum atomic E-state index is 11.4. The Balaban J connectivity index is 2.55. The molecule has 0 bridgehead atoms. The molecule has 4 nitrogen and oxygen atoms in total. The Morgan fingerprint density at radius 3 is 2.57 bits per heavy atom. The fourth-order valence-electron chi connectivity index (χ4n) is 1.43. The van der Waals surface area contributed by atoms with E-state index >= 15 is 0 Å². The van der Waals surface area contributed by atoms with Crippen molar-refractivity contribution in [1.82, 2.24) is 4.90 Å². The van der Waals surface area contributed by atoms with Gasteiger partial charge in [0.05, 0.1) is 0 Å². The third kappa shape index (κ3) is 2.20. The van der Waals surface area contributed by atoms with Crippen molar-refractivity contribution >= 4 is 11.8 Å². The zero-order valence-corrected chi connectivity index (χ0v) is 8.49. The molecule has 1 heterocycles. The Hall–Kier alpha value is -1.16. The number of hydrogen-bond donors (Lipinski definition) is 1. The van der Waals surface area contributed by atoms with Gasteiger partial charge in [0.25, 0.3) is 11.8 Å². The summed E-state index contributed by atoms with van der Waals surface area (Å²) in [4.78, 5) is 24.0. The summed E-state index contributed by atoms with van der Waals surface area (Å²) in [6.07, 6.45) is 1.96. The van der Waals surface area contributed by atoms with Crippen molar-refractivity contribution in [1.29, 1.82) is 0 Å². The van der Waals surface area contributed by atoms with Crippen LogP contribution in [0.15, 0.2) is 11.6 Å². The van der Waals surface area contributed by atoms with Crippen molar-refractivity contribution in [3.63, 3.8) is 0 Å². The minimum Gasteiger partial charge on any atom is -0.396 e. The highest BCUT2D eigenvalue weighted by atomic mass is 16.3. The first kappa shape index (κ1) is 10.9. The average Bonchev–Trinajstić information content (AvgIpc) is 2.33.